The van der Waals surface area contributed by atoms with Gasteiger partial charge in [-0.15, -0.1) is 0 Å². The van der Waals surface area contributed by atoms with Crippen molar-refractivity contribution in [1.82, 2.24) is 0 Å². The number of aliphatic hydroxyl groups is 1. The largest absolute Gasteiger partial charge is 0.481 e. The zero-order valence-corrected chi connectivity index (χ0v) is 5.86. The number of carboxylic acid groups (broad SMARTS) is 2. The normalized spacial score (nSPS) is 10.0. The van der Waals surface area contributed by atoms with Gasteiger partial charge in [-0.2, -0.15) is 0 Å². The Morgan fingerprint density at radius 1 is 1.18 bits per heavy atom. The molecule has 0 amide bonds. The summed E-state index contributed by atoms with van der Waals surface area (Å²) in [6.07, 6.45) is 0.171. The average molecular weight is 162 g/mol. The summed E-state index contributed by atoms with van der Waals surface area (Å²) in [5.41, 5.74) is 0. The van der Waals surface area contributed by atoms with E-state index >= 15 is 0 Å². The number of aliphatic carboxylic acids is 2. The van der Waals surface area contributed by atoms with Gasteiger partial charge in [0.25, 0.3) is 0 Å². The second-order valence-corrected chi connectivity index (χ2v) is 2.09. The molecule has 0 aromatic carbocycles. The van der Waals surface area contributed by atoms with E-state index in [1.54, 1.807) is 0 Å². The first-order chi connectivity index (χ1) is 5.09. The van der Waals surface area contributed by atoms with Crippen LogP contribution in [0.1, 0.15) is 12.8 Å². The SMILES string of the molecule is O=C(O)C(CCCO)C(=O)O. The van der Waals surface area contributed by atoms with Crippen LogP contribution in [0.3, 0.4) is 0 Å². The van der Waals surface area contributed by atoms with Gasteiger partial charge in [-0.05, 0) is 12.8 Å². The van der Waals surface area contributed by atoms with Crippen LogP contribution in [0.4, 0.5) is 0 Å². The minimum Gasteiger partial charge on any atom is -0.481 e. The Hall–Kier alpha value is -1.10. The van der Waals surface area contributed by atoms with Crippen molar-refractivity contribution in [3.05, 3.63) is 0 Å². The molecule has 0 aliphatic carbocycles. The Labute approximate surface area is 63.3 Å². The number of hydrogen-bond donors (Lipinski definition) is 3. The predicted octanol–water partition coefficient (Wildman–Crippen LogP) is -0.456. The number of aliphatic hydroxyl groups excluding tert-OH is 1. The number of rotatable bonds is 5. The first-order valence-corrected chi connectivity index (χ1v) is 3.16. The van der Waals surface area contributed by atoms with Crippen LogP contribution in [0.5, 0.6) is 0 Å². The molecule has 3 N–H and O–H groups in total. The van der Waals surface area contributed by atoms with Crippen LogP contribution in [0.25, 0.3) is 0 Å². The summed E-state index contributed by atoms with van der Waals surface area (Å²) in [4.78, 5) is 20.4. The molecule has 0 bridgehead atoms. The molecule has 0 fully saturated rings. The van der Waals surface area contributed by atoms with E-state index in [-0.39, 0.29) is 19.4 Å². The zero-order valence-electron chi connectivity index (χ0n) is 5.86. The highest BCUT2D eigenvalue weighted by atomic mass is 16.4. The Morgan fingerprint density at radius 2 is 1.64 bits per heavy atom. The van der Waals surface area contributed by atoms with Gasteiger partial charge in [0.05, 0.1) is 0 Å². The second-order valence-electron chi connectivity index (χ2n) is 2.09. The molecule has 0 aromatic rings. The van der Waals surface area contributed by atoms with Crippen molar-refractivity contribution >= 4 is 11.9 Å². The van der Waals surface area contributed by atoms with Gasteiger partial charge in [-0.3, -0.25) is 9.59 Å². The first-order valence-electron chi connectivity index (χ1n) is 3.16. The van der Waals surface area contributed by atoms with Crippen LogP contribution in [-0.2, 0) is 9.59 Å². The van der Waals surface area contributed by atoms with Crippen molar-refractivity contribution in [2.75, 3.05) is 6.61 Å². The smallest absolute Gasteiger partial charge is 0.317 e. The highest BCUT2D eigenvalue weighted by Gasteiger charge is 2.24. The van der Waals surface area contributed by atoms with Crippen LogP contribution in [-0.4, -0.2) is 33.9 Å². The molecule has 0 aromatic heterocycles. The number of carboxylic acids is 2. The molecule has 0 radical (unpaired) electrons. The maximum absolute atomic E-state index is 10.2. The Balaban J connectivity index is 3.90. The predicted molar refractivity (Wildman–Crippen MR) is 35.1 cm³/mol. The fourth-order valence-corrected chi connectivity index (χ4v) is 0.648. The van der Waals surface area contributed by atoms with E-state index in [4.69, 9.17) is 15.3 Å². The lowest BCUT2D eigenvalue weighted by Crippen LogP contribution is -2.23. The fraction of sp³-hybridized carbons (Fsp3) is 0.667. The van der Waals surface area contributed by atoms with Gasteiger partial charge in [0.15, 0.2) is 5.92 Å². The van der Waals surface area contributed by atoms with Crippen LogP contribution in [0, 0.1) is 5.92 Å². The minimum atomic E-state index is -1.39. The van der Waals surface area contributed by atoms with Crippen LogP contribution in [0.2, 0.25) is 0 Å². The van der Waals surface area contributed by atoms with Gasteiger partial charge < -0.3 is 15.3 Å². The first kappa shape index (κ1) is 9.90. The van der Waals surface area contributed by atoms with E-state index in [0.717, 1.165) is 0 Å². The third-order valence-corrected chi connectivity index (χ3v) is 1.25. The summed E-state index contributed by atoms with van der Waals surface area (Å²) in [6.45, 7) is -0.183. The Kier molecular flexibility index (Phi) is 4.21. The standard InChI is InChI=1S/C6H10O5/c7-3-1-2-4(5(8)9)6(10)11/h4,7H,1-3H2,(H,8,9)(H,10,11). The number of hydrogen-bond acceptors (Lipinski definition) is 3. The molecule has 11 heavy (non-hydrogen) atoms. The van der Waals surface area contributed by atoms with Crippen molar-refractivity contribution in [3.63, 3.8) is 0 Å². The third kappa shape index (κ3) is 3.57. The van der Waals surface area contributed by atoms with Gasteiger partial charge in [-0.1, -0.05) is 0 Å². The molecule has 0 unspecified atom stereocenters. The molecule has 0 heterocycles. The molecule has 0 aliphatic heterocycles. The molecule has 0 aliphatic rings. The van der Waals surface area contributed by atoms with E-state index in [9.17, 15) is 9.59 Å². The van der Waals surface area contributed by atoms with E-state index in [1.165, 1.54) is 0 Å². The molecular formula is C6H10O5. The highest BCUT2D eigenvalue weighted by Crippen LogP contribution is 2.05. The zero-order chi connectivity index (χ0) is 8.85. The topological polar surface area (TPSA) is 94.8 Å². The monoisotopic (exact) mass is 162 g/mol. The van der Waals surface area contributed by atoms with Crippen LogP contribution < -0.4 is 0 Å². The van der Waals surface area contributed by atoms with E-state index < -0.39 is 17.9 Å². The van der Waals surface area contributed by atoms with E-state index in [0.29, 0.717) is 0 Å². The summed E-state index contributed by atoms with van der Waals surface area (Å²) < 4.78 is 0. The van der Waals surface area contributed by atoms with E-state index in [1.807, 2.05) is 0 Å². The van der Waals surface area contributed by atoms with Crippen molar-refractivity contribution in [1.29, 1.82) is 0 Å². The van der Waals surface area contributed by atoms with Crippen LogP contribution >= 0.6 is 0 Å². The summed E-state index contributed by atoms with van der Waals surface area (Å²) in [5.74, 6) is -4.10. The molecule has 0 saturated heterocycles. The fourth-order valence-electron chi connectivity index (χ4n) is 0.648. The average Bonchev–Trinajstić information content (AvgIpc) is 1.87. The van der Waals surface area contributed by atoms with Crippen molar-refractivity contribution < 1.29 is 24.9 Å². The van der Waals surface area contributed by atoms with Crippen LogP contribution in [0.15, 0.2) is 0 Å². The maximum atomic E-state index is 10.2. The molecular weight excluding hydrogens is 152 g/mol. The molecule has 0 atom stereocenters. The lowest BCUT2D eigenvalue weighted by molar-refractivity contribution is -0.154. The lowest BCUT2D eigenvalue weighted by atomic mass is 10.0. The number of carbonyl (C=O) groups is 2. The maximum Gasteiger partial charge on any atom is 0.317 e. The lowest BCUT2D eigenvalue weighted by Gasteiger charge is -2.04. The highest BCUT2D eigenvalue weighted by molar-refractivity contribution is 5.92. The summed E-state index contributed by atoms with van der Waals surface area (Å²) in [5, 5.41) is 24.9. The second kappa shape index (κ2) is 4.68. The summed E-state index contributed by atoms with van der Waals surface area (Å²) in [6, 6.07) is 0. The van der Waals surface area contributed by atoms with Gasteiger partial charge in [-0.25, -0.2) is 0 Å². The van der Waals surface area contributed by atoms with Gasteiger partial charge in [0.1, 0.15) is 0 Å². The summed E-state index contributed by atoms with van der Waals surface area (Å²) >= 11 is 0. The Bertz CT molecular complexity index is 139. The molecule has 0 rings (SSSR count). The molecule has 5 heteroatoms. The van der Waals surface area contributed by atoms with Gasteiger partial charge in [0.2, 0.25) is 0 Å². The summed E-state index contributed by atoms with van der Waals surface area (Å²) in [7, 11) is 0. The molecule has 0 saturated carbocycles. The van der Waals surface area contributed by atoms with Crippen molar-refractivity contribution in [3.8, 4) is 0 Å². The van der Waals surface area contributed by atoms with Gasteiger partial charge >= 0.3 is 11.9 Å². The third-order valence-electron chi connectivity index (χ3n) is 1.25. The molecule has 64 valence electrons. The van der Waals surface area contributed by atoms with E-state index in [2.05, 4.69) is 0 Å². The van der Waals surface area contributed by atoms with Crippen molar-refractivity contribution in [2.45, 2.75) is 12.8 Å². The molecule has 5 nitrogen and oxygen atoms in total. The minimum absolute atomic E-state index is 0.0266. The van der Waals surface area contributed by atoms with Crippen molar-refractivity contribution in [2.24, 2.45) is 5.92 Å². The van der Waals surface area contributed by atoms with Gasteiger partial charge in [0, 0.05) is 6.61 Å². The Morgan fingerprint density at radius 3 is 1.91 bits per heavy atom. The molecule has 0 spiro atoms. The quantitative estimate of drug-likeness (QED) is 0.475.